The van der Waals surface area contributed by atoms with Gasteiger partial charge in [0.25, 0.3) is 0 Å². The third kappa shape index (κ3) is 3.63. The van der Waals surface area contributed by atoms with Gasteiger partial charge in [-0.1, -0.05) is 38.1 Å². The highest BCUT2D eigenvalue weighted by Crippen LogP contribution is 2.23. The second-order valence-electron chi connectivity index (χ2n) is 5.88. The molecule has 2 aromatic rings. The van der Waals surface area contributed by atoms with Crippen LogP contribution in [0.1, 0.15) is 51.3 Å². The Bertz CT molecular complexity index is 654. The number of nitrogens with one attached hydrogen (secondary N) is 1. The normalized spacial score (nSPS) is 12.2. The topological polar surface area (TPSA) is 24.4 Å². The Hall–Kier alpha value is -1.83. The van der Waals surface area contributed by atoms with Gasteiger partial charge in [0.1, 0.15) is 0 Å². The standard InChI is InChI=1S/C19H26N2/c1-6-15-8-9-17-11-16(7-2)19(12-18(17)10-15)14(5)21-20-13(3)4/h8-13,20H,6-7H2,1-5H3/b21-14-. The lowest BCUT2D eigenvalue weighted by molar-refractivity contribution is 0.620. The van der Waals surface area contributed by atoms with Crippen molar-refractivity contribution in [2.45, 2.75) is 53.5 Å². The Labute approximate surface area is 128 Å². The Morgan fingerprint density at radius 1 is 1.05 bits per heavy atom. The smallest absolute Gasteiger partial charge is 0.0647 e. The van der Waals surface area contributed by atoms with Crippen LogP contribution in [-0.4, -0.2) is 11.8 Å². The second-order valence-corrected chi connectivity index (χ2v) is 5.88. The first-order valence-corrected chi connectivity index (χ1v) is 7.90. The summed E-state index contributed by atoms with van der Waals surface area (Å²) in [6.07, 6.45) is 2.10. The summed E-state index contributed by atoms with van der Waals surface area (Å²) in [7, 11) is 0. The molecule has 2 aromatic carbocycles. The van der Waals surface area contributed by atoms with Crippen molar-refractivity contribution < 1.29 is 0 Å². The number of nitrogens with zero attached hydrogens (tertiary/aromatic N) is 1. The van der Waals surface area contributed by atoms with Crippen molar-refractivity contribution in [3.05, 3.63) is 47.0 Å². The Morgan fingerprint density at radius 3 is 2.43 bits per heavy atom. The van der Waals surface area contributed by atoms with Gasteiger partial charge in [0.2, 0.25) is 0 Å². The van der Waals surface area contributed by atoms with E-state index in [1.54, 1.807) is 0 Å². The van der Waals surface area contributed by atoms with Gasteiger partial charge < -0.3 is 5.43 Å². The third-order valence-corrected chi connectivity index (χ3v) is 3.80. The van der Waals surface area contributed by atoms with Crippen molar-refractivity contribution in [1.82, 2.24) is 5.43 Å². The van der Waals surface area contributed by atoms with E-state index in [9.17, 15) is 0 Å². The predicted molar refractivity (Wildman–Crippen MR) is 93.2 cm³/mol. The van der Waals surface area contributed by atoms with Gasteiger partial charge >= 0.3 is 0 Å². The van der Waals surface area contributed by atoms with E-state index in [0.29, 0.717) is 6.04 Å². The van der Waals surface area contributed by atoms with Crippen LogP contribution < -0.4 is 5.43 Å². The first-order chi connectivity index (χ1) is 10.0. The van der Waals surface area contributed by atoms with Gasteiger partial charge in [0.05, 0.1) is 5.71 Å². The monoisotopic (exact) mass is 282 g/mol. The molecule has 0 saturated heterocycles. The van der Waals surface area contributed by atoms with E-state index in [2.05, 4.69) is 75.5 Å². The molecule has 0 bridgehead atoms. The summed E-state index contributed by atoms with van der Waals surface area (Å²) in [6.45, 7) is 10.7. The number of benzene rings is 2. The number of aryl methyl sites for hydroxylation is 2. The molecular weight excluding hydrogens is 256 g/mol. The molecule has 0 aromatic heterocycles. The van der Waals surface area contributed by atoms with Crippen LogP contribution in [0.5, 0.6) is 0 Å². The molecule has 0 aliphatic carbocycles. The molecule has 0 saturated carbocycles. The SMILES string of the molecule is CCc1ccc2cc(CC)c(/C(C)=N\NC(C)C)cc2c1. The van der Waals surface area contributed by atoms with Crippen LogP contribution in [-0.2, 0) is 12.8 Å². The fourth-order valence-corrected chi connectivity index (χ4v) is 2.53. The Morgan fingerprint density at radius 2 is 1.81 bits per heavy atom. The van der Waals surface area contributed by atoms with Crippen LogP contribution in [0.2, 0.25) is 0 Å². The van der Waals surface area contributed by atoms with E-state index in [4.69, 9.17) is 0 Å². The molecule has 21 heavy (non-hydrogen) atoms. The number of rotatable bonds is 5. The van der Waals surface area contributed by atoms with Crippen LogP contribution in [0.25, 0.3) is 10.8 Å². The molecule has 0 unspecified atom stereocenters. The van der Waals surface area contributed by atoms with Crippen LogP contribution in [0.15, 0.2) is 35.4 Å². The molecule has 2 nitrogen and oxygen atoms in total. The van der Waals surface area contributed by atoms with Crippen LogP contribution in [0.3, 0.4) is 0 Å². The first-order valence-electron chi connectivity index (χ1n) is 7.90. The lowest BCUT2D eigenvalue weighted by Gasteiger charge is -2.12. The van der Waals surface area contributed by atoms with Gasteiger partial charge in [0.15, 0.2) is 0 Å². The molecule has 0 fully saturated rings. The van der Waals surface area contributed by atoms with Crippen LogP contribution in [0.4, 0.5) is 0 Å². The highest BCUT2D eigenvalue weighted by atomic mass is 15.3. The maximum Gasteiger partial charge on any atom is 0.0647 e. The summed E-state index contributed by atoms with van der Waals surface area (Å²) in [5.41, 5.74) is 8.21. The Balaban J connectivity index is 2.52. The Kier molecular flexibility index (Phi) is 5.00. The molecule has 0 radical (unpaired) electrons. The summed E-state index contributed by atoms with van der Waals surface area (Å²) >= 11 is 0. The molecule has 112 valence electrons. The van der Waals surface area contributed by atoms with E-state index >= 15 is 0 Å². The maximum atomic E-state index is 4.52. The van der Waals surface area contributed by atoms with Crippen molar-refractivity contribution >= 4 is 16.5 Å². The molecule has 0 atom stereocenters. The van der Waals surface area contributed by atoms with Gasteiger partial charge in [-0.05, 0) is 61.6 Å². The molecule has 2 heteroatoms. The molecule has 2 rings (SSSR count). The number of hydrogen-bond donors (Lipinski definition) is 1. The van der Waals surface area contributed by atoms with Gasteiger partial charge in [-0.25, -0.2) is 0 Å². The average molecular weight is 282 g/mol. The molecule has 0 aliphatic rings. The number of hydrogen-bond acceptors (Lipinski definition) is 2. The highest BCUT2D eigenvalue weighted by molar-refractivity contribution is 6.03. The second kappa shape index (κ2) is 6.75. The quantitative estimate of drug-likeness (QED) is 0.624. The van der Waals surface area contributed by atoms with Crippen LogP contribution >= 0.6 is 0 Å². The van der Waals surface area contributed by atoms with Crippen molar-refractivity contribution in [2.75, 3.05) is 0 Å². The van der Waals surface area contributed by atoms with Crippen molar-refractivity contribution in [2.24, 2.45) is 5.10 Å². The van der Waals surface area contributed by atoms with Gasteiger partial charge in [-0.3, -0.25) is 0 Å². The minimum absolute atomic E-state index is 0.358. The van der Waals surface area contributed by atoms with Crippen molar-refractivity contribution in [1.29, 1.82) is 0 Å². The van der Waals surface area contributed by atoms with E-state index in [0.717, 1.165) is 18.6 Å². The maximum absolute atomic E-state index is 4.52. The molecule has 0 spiro atoms. The summed E-state index contributed by atoms with van der Waals surface area (Å²) in [6, 6.07) is 11.7. The molecule has 0 amide bonds. The van der Waals surface area contributed by atoms with Crippen molar-refractivity contribution in [3.8, 4) is 0 Å². The zero-order valence-electron chi connectivity index (χ0n) is 13.8. The van der Waals surface area contributed by atoms with E-state index in [1.807, 2.05) is 0 Å². The van der Waals surface area contributed by atoms with E-state index in [-0.39, 0.29) is 0 Å². The largest absolute Gasteiger partial charge is 0.307 e. The molecular formula is C19H26N2. The first kappa shape index (κ1) is 15.6. The zero-order valence-corrected chi connectivity index (χ0v) is 13.8. The molecule has 0 heterocycles. The van der Waals surface area contributed by atoms with Gasteiger partial charge in [-0.15, -0.1) is 0 Å². The number of fused-ring (bicyclic) bond motifs is 1. The fraction of sp³-hybridized carbons (Fsp3) is 0.421. The highest BCUT2D eigenvalue weighted by Gasteiger charge is 2.07. The van der Waals surface area contributed by atoms with Crippen LogP contribution in [0, 0.1) is 0 Å². The molecule has 0 aliphatic heterocycles. The molecule has 1 N–H and O–H groups in total. The lowest BCUT2D eigenvalue weighted by atomic mass is 9.95. The van der Waals surface area contributed by atoms with Gasteiger partial charge in [0, 0.05) is 11.6 Å². The van der Waals surface area contributed by atoms with Crippen molar-refractivity contribution in [3.63, 3.8) is 0 Å². The summed E-state index contributed by atoms with van der Waals surface area (Å²) in [5.74, 6) is 0. The lowest BCUT2D eigenvalue weighted by Crippen LogP contribution is -2.18. The fourth-order valence-electron chi connectivity index (χ4n) is 2.53. The summed E-state index contributed by atoms with van der Waals surface area (Å²) < 4.78 is 0. The number of hydrazone groups is 1. The summed E-state index contributed by atoms with van der Waals surface area (Å²) in [4.78, 5) is 0. The summed E-state index contributed by atoms with van der Waals surface area (Å²) in [5, 5.41) is 7.14. The minimum atomic E-state index is 0.358. The zero-order chi connectivity index (χ0) is 15.4. The third-order valence-electron chi connectivity index (χ3n) is 3.80. The van der Waals surface area contributed by atoms with E-state index < -0.39 is 0 Å². The van der Waals surface area contributed by atoms with E-state index in [1.165, 1.54) is 27.5 Å². The minimum Gasteiger partial charge on any atom is -0.307 e. The van der Waals surface area contributed by atoms with Gasteiger partial charge in [-0.2, -0.15) is 5.10 Å². The predicted octanol–water partition coefficient (Wildman–Crippen LogP) is 4.69. The average Bonchev–Trinajstić information content (AvgIpc) is 2.50.